The van der Waals surface area contributed by atoms with Crippen molar-refractivity contribution in [1.29, 1.82) is 0 Å². The Labute approximate surface area is 89.2 Å². The zero-order valence-corrected chi connectivity index (χ0v) is 9.37. The molecule has 1 aromatic carbocycles. The molecule has 78 valence electrons. The van der Waals surface area contributed by atoms with Crippen LogP contribution in [-0.2, 0) is 13.5 Å². The normalized spacial score (nSPS) is 10.9. The summed E-state index contributed by atoms with van der Waals surface area (Å²) in [5, 5.41) is 1.92. The predicted octanol–water partition coefficient (Wildman–Crippen LogP) is 2.41. The molecule has 1 aromatic heterocycles. The topological polar surface area (TPSA) is 22.0 Å². The van der Waals surface area contributed by atoms with Crippen LogP contribution < -0.4 is 5.56 Å². The van der Waals surface area contributed by atoms with E-state index in [2.05, 4.69) is 13.0 Å². The molecule has 0 amide bonds. The molecule has 2 rings (SSSR count). The summed E-state index contributed by atoms with van der Waals surface area (Å²) in [6, 6.07) is 6.07. The molecule has 2 heteroatoms. The molecule has 2 nitrogen and oxygen atoms in total. The fraction of sp³-hybridized carbons (Fsp3) is 0.308. The standard InChI is InChI=1S/C13H15NO/c1-4-10-8-14(3)13(15)12-7-9(2)5-6-11(10)12/h5-8H,4H2,1-3H3. The maximum Gasteiger partial charge on any atom is 0.258 e. The minimum Gasteiger partial charge on any atom is -0.318 e. The molecular formula is C13H15NO. The monoisotopic (exact) mass is 201 g/mol. The highest BCUT2D eigenvalue weighted by molar-refractivity contribution is 5.85. The van der Waals surface area contributed by atoms with E-state index >= 15 is 0 Å². The molecule has 0 bridgehead atoms. The van der Waals surface area contributed by atoms with Crippen LogP contribution in [0.4, 0.5) is 0 Å². The molecule has 15 heavy (non-hydrogen) atoms. The van der Waals surface area contributed by atoms with Crippen LogP contribution in [0.25, 0.3) is 10.8 Å². The van der Waals surface area contributed by atoms with Crippen molar-refractivity contribution in [3.63, 3.8) is 0 Å². The van der Waals surface area contributed by atoms with E-state index < -0.39 is 0 Å². The molecule has 0 aliphatic heterocycles. The number of fused-ring (bicyclic) bond motifs is 1. The summed E-state index contributed by atoms with van der Waals surface area (Å²) in [4.78, 5) is 11.9. The van der Waals surface area contributed by atoms with Gasteiger partial charge in [0.25, 0.3) is 5.56 Å². The molecule has 2 aromatic rings. The molecule has 0 N–H and O–H groups in total. The van der Waals surface area contributed by atoms with Crippen molar-refractivity contribution in [3.8, 4) is 0 Å². The Morgan fingerprint density at radius 1 is 1.27 bits per heavy atom. The number of hydrogen-bond acceptors (Lipinski definition) is 1. The number of aryl methyl sites for hydroxylation is 3. The van der Waals surface area contributed by atoms with Crippen molar-refractivity contribution in [2.24, 2.45) is 7.05 Å². The third-order valence-corrected chi connectivity index (χ3v) is 2.80. The fourth-order valence-corrected chi connectivity index (χ4v) is 1.95. The fourth-order valence-electron chi connectivity index (χ4n) is 1.95. The van der Waals surface area contributed by atoms with Crippen molar-refractivity contribution >= 4 is 10.8 Å². The zero-order valence-electron chi connectivity index (χ0n) is 9.37. The maximum atomic E-state index is 11.9. The molecule has 0 spiro atoms. The average molecular weight is 201 g/mol. The smallest absolute Gasteiger partial charge is 0.258 e. The first kappa shape index (κ1) is 9.97. The number of nitrogens with zero attached hydrogens (tertiary/aromatic N) is 1. The second-order valence-electron chi connectivity index (χ2n) is 3.97. The summed E-state index contributed by atoms with van der Waals surface area (Å²) in [5.41, 5.74) is 2.45. The Balaban J connectivity index is 2.96. The van der Waals surface area contributed by atoms with Gasteiger partial charge in [-0.05, 0) is 30.4 Å². The lowest BCUT2D eigenvalue weighted by molar-refractivity contribution is 0.857. The van der Waals surface area contributed by atoms with Gasteiger partial charge in [-0.15, -0.1) is 0 Å². The lowest BCUT2D eigenvalue weighted by atomic mass is 10.0. The second kappa shape index (κ2) is 3.54. The molecule has 0 atom stereocenters. The zero-order chi connectivity index (χ0) is 11.0. The molecule has 0 unspecified atom stereocenters. The SMILES string of the molecule is CCc1cn(C)c(=O)c2cc(C)ccc12. The average Bonchev–Trinajstić information content (AvgIpc) is 2.23. The first-order valence-corrected chi connectivity index (χ1v) is 5.22. The van der Waals surface area contributed by atoms with Gasteiger partial charge in [0.15, 0.2) is 0 Å². The Hall–Kier alpha value is -1.57. The van der Waals surface area contributed by atoms with E-state index in [0.29, 0.717) is 0 Å². The van der Waals surface area contributed by atoms with Crippen LogP contribution in [0, 0.1) is 6.92 Å². The van der Waals surface area contributed by atoms with Crippen LogP contribution in [0.5, 0.6) is 0 Å². The van der Waals surface area contributed by atoms with E-state index in [1.165, 1.54) is 5.56 Å². The number of pyridine rings is 1. The Bertz CT molecular complexity index is 566. The van der Waals surface area contributed by atoms with Crippen LogP contribution >= 0.6 is 0 Å². The van der Waals surface area contributed by atoms with Gasteiger partial charge in [0.2, 0.25) is 0 Å². The summed E-state index contributed by atoms with van der Waals surface area (Å²) in [5.74, 6) is 0. The molecular weight excluding hydrogens is 186 g/mol. The van der Waals surface area contributed by atoms with E-state index in [1.54, 1.807) is 4.57 Å². The Kier molecular flexibility index (Phi) is 2.35. The minimum atomic E-state index is 0.0888. The quantitative estimate of drug-likeness (QED) is 0.694. The minimum absolute atomic E-state index is 0.0888. The molecule has 0 saturated heterocycles. The van der Waals surface area contributed by atoms with Gasteiger partial charge in [-0.3, -0.25) is 4.79 Å². The van der Waals surface area contributed by atoms with Gasteiger partial charge in [0.05, 0.1) is 0 Å². The van der Waals surface area contributed by atoms with Crippen molar-refractivity contribution in [2.75, 3.05) is 0 Å². The maximum absolute atomic E-state index is 11.9. The molecule has 0 radical (unpaired) electrons. The van der Waals surface area contributed by atoms with Crippen molar-refractivity contribution in [3.05, 3.63) is 45.9 Å². The van der Waals surface area contributed by atoms with E-state index in [0.717, 1.165) is 22.8 Å². The van der Waals surface area contributed by atoms with E-state index in [-0.39, 0.29) is 5.56 Å². The lowest BCUT2D eigenvalue weighted by Crippen LogP contribution is -2.17. The number of rotatable bonds is 1. The van der Waals surface area contributed by atoms with Gasteiger partial charge in [0.1, 0.15) is 0 Å². The van der Waals surface area contributed by atoms with Gasteiger partial charge in [-0.2, -0.15) is 0 Å². The van der Waals surface area contributed by atoms with Crippen molar-refractivity contribution < 1.29 is 0 Å². The molecule has 0 aliphatic rings. The Morgan fingerprint density at radius 2 is 2.00 bits per heavy atom. The van der Waals surface area contributed by atoms with Crippen molar-refractivity contribution in [1.82, 2.24) is 4.57 Å². The van der Waals surface area contributed by atoms with Crippen LogP contribution in [0.3, 0.4) is 0 Å². The van der Waals surface area contributed by atoms with Crippen LogP contribution in [0.15, 0.2) is 29.2 Å². The van der Waals surface area contributed by atoms with Crippen molar-refractivity contribution in [2.45, 2.75) is 20.3 Å². The number of hydrogen-bond donors (Lipinski definition) is 0. The lowest BCUT2D eigenvalue weighted by Gasteiger charge is -2.07. The van der Waals surface area contributed by atoms with Gasteiger partial charge < -0.3 is 4.57 Å². The third-order valence-electron chi connectivity index (χ3n) is 2.80. The summed E-state index contributed by atoms with van der Waals surface area (Å²) < 4.78 is 1.67. The summed E-state index contributed by atoms with van der Waals surface area (Å²) in [7, 11) is 1.81. The highest BCUT2D eigenvalue weighted by Gasteiger charge is 2.05. The second-order valence-corrected chi connectivity index (χ2v) is 3.97. The van der Waals surface area contributed by atoms with E-state index in [4.69, 9.17) is 0 Å². The van der Waals surface area contributed by atoms with Gasteiger partial charge in [0, 0.05) is 18.6 Å². The van der Waals surface area contributed by atoms with Crippen LogP contribution in [-0.4, -0.2) is 4.57 Å². The third kappa shape index (κ3) is 1.56. The van der Waals surface area contributed by atoms with E-state index in [9.17, 15) is 4.79 Å². The summed E-state index contributed by atoms with van der Waals surface area (Å²) in [6.07, 6.45) is 2.88. The summed E-state index contributed by atoms with van der Waals surface area (Å²) in [6.45, 7) is 4.12. The number of benzene rings is 1. The highest BCUT2D eigenvalue weighted by atomic mass is 16.1. The summed E-state index contributed by atoms with van der Waals surface area (Å²) >= 11 is 0. The molecule has 1 heterocycles. The van der Waals surface area contributed by atoms with Crippen LogP contribution in [0.1, 0.15) is 18.1 Å². The molecule has 0 aliphatic carbocycles. The predicted molar refractivity (Wildman–Crippen MR) is 63.3 cm³/mol. The van der Waals surface area contributed by atoms with Gasteiger partial charge >= 0.3 is 0 Å². The van der Waals surface area contributed by atoms with E-state index in [1.807, 2.05) is 32.3 Å². The van der Waals surface area contributed by atoms with Gasteiger partial charge in [-0.1, -0.05) is 24.6 Å². The highest BCUT2D eigenvalue weighted by Crippen LogP contribution is 2.17. The molecule has 0 fully saturated rings. The number of aromatic nitrogens is 1. The Morgan fingerprint density at radius 3 is 2.67 bits per heavy atom. The molecule has 0 saturated carbocycles. The largest absolute Gasteiger partial charge is 0.318 e. The van der Waals surface area contributed by atoms with Crippen LogP contribution in [0.2, 0.25) is 0 Å². The first-order chi connectivity index (χ1) is 7.13. The first-order valence-electron chi connectivity index (χ1n) is 5.22. The van der Waals surface area contributed by atoms with Gasteiger partial charge in [-0.25, -0.2) is 0 Å².